The number of H-pyrrole nitrogens is 1. The summed E-state index contributed by atoms with van der Waals surface area (Å²) in [6.45, 7) is 0.422. The lowest BCUT2D eigenvalue weighted by molar-refractivity contribution is 0.0696. The van der Waals surface area contributed by atoms with E-state index in [1.807, 2.05) is 11.4 Å². The SMILES string of the molecule is O=C(O)c1ccc(Cc2cc3cc(C(=O)NCc4ccc5sccc5c4)ccc3[nH]c2=O)cc1. The molecule has 3 aromatic carbocycles. The molecule has 0 bridgehead atoms. The summed E-state index contributed by atoms with van der Waals surface area (Å²) in [5.41, 5.74) is 3.53. The van der Waals surface area contributed by atoms with Crippen molar-refractivity contribution in [2.45, 2.75) is 13.0 Å². The van der Waals surface area contributed by atoms with Gasteiger partial charge in [0, 0.05) is 34.3 Å². The number of carbonyl (C=O) groups is 2. The van der Waals surface area contributed by atoms with E-state index < -0.39 is 5.97 Å². The first-order valence-corrected chi connectivity index (χ1v) is 11.6. The van der Waals surface area contributed by atoms with E-state index in [1.165, 1.54) is 16.8 Å². The van der Waals surface area contributed by atoms with Crippen molar-refractivity contribution in [3.63, 3.8) is 0 Å². The number of amides is 1. The number of benzene rings is 3. The van der Waals surface area contributed by atoms with Gasteiger partial charge in [0.1, 0.15) is 0 Å². The fourth-order valence-corrected chi connectivity index (χ4v) is 4.69. The topological polar surface area (TPSA) is 99.3 Å². The van der Waals surface area contributed by atoms with Crippen molar-refractivity contribution in [2.24, 2.45) is 0 Å². The third-order valence-corrected chi connectivity index (χ3v) is 6.65. The van der Waals surface area contributed by atoms with Gasteiger partial charge in [-0.2, -0.15) is 0 Å². The third kappa shape index (κ3) is 4.46. The minimum absolute atomic E-state index is 0.190. The van der Waals surface area contributed by atoms with Gasteiger partial charge in [0.15, 0.2) is 0 Å². The number of pyridine rings is 1. The van der Waals surface area contributed by atoms with Crippen molar-refractivity contribution >= 4 is 44.2 Å². The second-order valence-electron chi connectivity index (χ2n) is 8.08. The maximum Gasteiger partial charge on any atom is 0.335 e. The number of thiophene rings is 1. The van der Waals surface area contributed by atoms with Crippen LogP contribution in [0.1, 0.15) is 37.4 Å². The van der Waals surface area contributed by atoms with Crippen LogP contribution >= 0.6 is 11.3 Å². The number of nitrogens with one attached hydrogen (secondary N) is 2. The molecule has 0 fully saturated rings. The van der Waals surface area contributed by atoms with Gasteiger partial charge in [0.25, 0.3) is 11.5 Å². The number of rotatable bonds is 6. The summed E-state index contributed by atoms with van der Waals surface area (Å²) in [6.07, 6.45) is 0.354. The van der Waals surface area contributed by atoms with E-state index in [1.54, 1.807) is 47.7 Å². The molecular formula is C27H20N2O4S. The van der Waals surface area contributed by atoms with Crippen LogP contribution in [-0.4, -0.2) is 22.0 Å². The minimum Gasteiger partial charge on any atom is -0.478 e. The molecule has 6 nitrogen and oxygen atoms in total. The molecule has 0 spiro atoms. The molecule has 5 aromatic rings. The number of carbonyl (C=O) groups excluding carboxylic acids is 1. The number of carboxylic acids is 1. The molecule has 3 N–H and O–H groups in total. The van der Waals surface area contributed by atoms with Gasteiger partial charge in [-0.05, 0) is 81.9 Å². The fraction of sp³-hybridized carbons (Fsp3) is 0.0741. The summed E-state index contributed by atoms with van der Waals surface area (Å²) in [6, 6.07) is 21.6. The maximum absolute atomic E-state index is 12.8. The standard InChI is InChI=1S/C27H20N2O4S/c30-25(28-15-17-3-8-24-19(12-17)9-10-34-24)20-6-7-23-21(13-20)14-22(26(31)29-23)11-16-1-4-18(5-2-16)27(32)33/h1-10,12-14H,11,15H2,(H,28,30)(H,29,31)(H,32,33). The molecule has 0 saturated heterocycles. The van der Waals surface area contributed by atoms with E-state index in [-0.39, 0.29) is 17.0 Å². The summed E-state index contributed by atoms with van der Waals surface area (Å²) in [5, 5.41) is 16.0. The van der Waals surface area contributed by atoms with E-state index in [0.717, 1.165) is 21.9 Å². The molecule has 7 heteroatoms. The Bertz CT molecular complexity index is 1600. The molecular weight excluding hydrogens is 448 g/mol. The highest BCUT2D eigenvalue weighted by atomic mass is 32.1. The number of carboxylic acid groups (broad SMARTS) is 1. The first kappa shape index (κ1) is 21.6. The Morgan fingerprint density at radius 2 is 1.62 bits per heavy atom. The quantitative estimate of drug-likeness (QED) is 0.328. The Kier molecular flexibility index (Phi) is 5.69. The number of fused-ring (bicyclic) bond motifs is 2. The van der Waals surface area contributed by atoms with Gasteiger partial charge in [-0.3, -0.25) is 9.59 Å². The lowest BCUT2D eigenvalue weighted by Gasteiger charge is -2.08. The fourth-order valence-electron chi connectivity index (χ4n) is 3.92. The van der Waals surface area contributed by atoms with E-state index in [2.05, 4.69) is 28.5 Å². The molecule has 1 amide bonds. The molecule has 34 heavy (non-hydrogen) atoms. The second-order valence-corrected chi connectivity index (χ2v) is 9.03. The van der Waals surface area contributed by atoms with Crippen molar-refractivity contribution in [3.05, 3.63) is 116 Å². The van der Waals surface area contributed by atoms with Gasteiger partial charge in [-0.15, -0.1) is 11.3 Å². The summed E-state index contributed by atoms with van der Waals surface area (Å²) in [7, 11) is 0. The molecule has 2 aromatic heterocycles. The van der Waals surface area contributed by atoms with Crippen LogP contribution in [0.2, 0.25) is 0 Å². The smallest absolute Gasteiger partial charge is 0.335 e. The van der Waals surface area contributed by atoms with Gasteiger partial charge in [-0.1, -0.05) is 18.2 Å². The van der Waals surface area contributed by atoms with Gasteiger partial charge in [0.05, 0.1) is 5.56 Å². The molecule has 5 rings (SSSR count). The van der Waals surface area contributed by atoms with Crippen LogP contribution in [0, 0.1) is 0 Å². The predicted octanol–water partition coefficient (Wildman–Crippen LogP) is 4.96. The summed E-state index contributed by atoms with van der Waals surface area (Å²) in [4.78, 5) is 39.2. The van der Waals surface area contributed by atoms with E-state index in [9.17, 15) is 14.4 Å². The molecule has 0 atom stereocenters. The second kappa shape index (κ2) is 8.96. The average Bonchev–Trinajstić information content (AvgIpc) is 3.31. The van der Waals surface area contributed by atoms with Crippen LogP contribution in [0.5, 0.6) is 0 Å². The summed E-state index contributed by atoms with van der Waals surface area (Å²) < 4.78 is 1.22. The van der Waals surface area contributed by atoms with Crippen LogP contribution in [0.25, 0.3) is 21.0 Å². The van der Waals surface area contributed by atoms with Gasteiger partial charge in [0.2, 0.25) is 0 Å². The molecule has 0 aliphatic carbocycles. The lowest BCUT2D eigenvalue weighted by Crippen LogP contribution is -2.22. The molecule has 0 aliphatic rings. The zero-order valence-electron chi connectivity index (χ0n) is 18.0. The highest BCUT2D eigenvalue weighted by Crippen LogP contribution is 2.22. The normalized spacial score (nSPS) is 11.1. The van der Waals surface area contributed by atoms with E-state index in [4.69, 9.17) is 5.11 Å². The Labute approximate surface area is 198 Å². The first-order chi connectivity index (χ1) is 16.5. The first-order valence-electron chi connectivity index (χ1n) is 10.7. The van der Waals surface area contributed by atoms with Crippen molar-refractivity contribution in [1.29, 1.82) is 0 Å². The monoisotopic (exact) mass is 468 g/mol. The van der Waals surface area contributed by atoms with E-state index in [0.29, 0.717) is 29.6 Å². The van der Waals surface area contributed by atoms with Crippen LogP contribution in [-0.2, 0) is 13.0 Å². The van der Waals surface area contributed by atoms with Crippen LogP contribution in [0.15, 0.2) is 83.0 Å². The number of hydrogen-bond acceptors (Lipinski definition) is 4. The number of hydrogen-bond donors (Lipinski definition) is 3. The van der Waals surface area contributed by atoms with Gasteiger partial charge < -0.3 is 15.4 Å². The maximum atomic E-state index is 12.8. The minimum atomic E-state index is -0.993. The molecule has 0 saturated carbocycles. The van der Waals surface area contributed by atoms with Crippen molar-refractivity contribution < 1.29 is 14.7 Å². The summed E-state index contributed by atoms with van der Waals surface area (Å²) in [5.74, 6) is -1.18. The Balaban J connectivity index is 1.35. The van der Waals surface area contributed by atoms with Crippen LogP contribution in [0.3, 0.4) is 0 Å². The molecule has 0 aliphatic heterocycles. The summed E-state index contributed by atoms with van der Waals surface area (Å²) >= 11 is 1.69. The van der Waals surface area contributed by atoms with Crippen LogP contribution in [0.4, 0.5) is 0 Å². The van der Waals surface area contributed by atoms with Crippen LogP contribution < -0.4 is 10.9 Å². The largest absolute Gasteiger partial charge is 0.478 e. The highest BCUT2D eigenvalue weighted by molar-refractivity contribution is 7.17. The molecule has 0 radical (unpaired) electrons. The molecule has 2 heterocycles. The number of aromatic carboxylic acids is 1. The highest BCUT2D eigenvalue weighted by Gasteiger charge is 2.10. The third-order valence-electron chi connectivity index (χ3n) is 5.75. The van der Waals surface area contributed by atoms with Crippen molar-refractivity contribution in [3.8, 4) is 0 Å². The van der Waals surface area contributed by atoms with Crippen molar-refractivity contribution in [2.75, 3.05) is 0 Å². The van der Waals surface area contributed by atoms with Crippen molar-refractivity contribution in [1.82, 2.24) is 10.3 Å². The Morgan fingerprint density at radius 3 is 2.41 bits per heavy atom. The zero-order chi connectivity index (χ0) is 23.7. The zero-order valence-corrected chi connectivity index (χ0v) is 18.8. The van der Waals surface area contributed by atoms with Gasteiger partial charge in [-0.25, -0.2) is 4.79 Å². The molecule has 0 unspecified atom stereocenters. The predicted molar refractivity (Wildman–Crippen MR) is 134 cm³/mol. The number of aromatic amines is 1. The lowest BCUT2D eigenvalue weighted by atomic mass is 10.0. The average molecular weight is 469 g/mol. The number of aromatic nitrogens is 1. The Hall–Kier alpha value is -4.23. The van der Waals surface area contributed by atoms with E-state index >= 15 is 0 Å². The van der Waals surface area contributed by atoms with Gasteiger partial charge >= 0.3 is 5.97 Å². The Morgan fingerprint density at radius 1 is 0.853 bits per heavy atom. The molecule has 168 valence electrons.